The zero-order chi connectivity index (χ0) is 24.5. The maximum atomic E-state index is 12.0. The van der Waals surface area contributed by atoms with E-state index in [-0.39, 0.29) is 22.8 Å². The van der Waals surface area contributed by atoms with Crippen LogP contribution in [0.3, 0.4) is 0 Å². The number of phenolic OH excluding ortho intramolecular Hbond substituents is 1. The van der Waals surface area contributed by atoms with Crippen molar-refractivity contribution in [2.45, 2.75) is 18.7 Å². The van der Waals surface area contributed by atoms with Gasteiger partial charge < -0.3 is 10.8 Å². The van der Waals surface area contributed by atoms with Crippen LogP contribution in [0.25, 0.3) is 10.8 Å². The van der Waals surface area contributed by atoms with E-state index in [2.05, 4.69) is 20.5 Å². The highest BCUT2D eigenvalue weighted by atomic mass is 32.2. The van der Waals surface area contributed by atoms with Crippen molar-refractivity contribution >= 4 is 49.3 Å². The number of hydrogen-bond donors (Lipinski definition) is 3. The van der Waals surface area contributed by atoms with Crippen molar-refractivity contribution in [1.29, 1.82) is 0 Å². The maximum Gasteiger partial charge on any atom is 0.296 e. The Kier molecular flexibility index (Phi) is 6.10. The minimum absolute atomic E-state index is 0.115. The van der Waals surface area contributed by atoms with E-state index < -0.39 is 15.0 Å². The van der Waals surface area contributed by atoms with E-state index >= 15 is 0 Å². The molecule has 9 nitrogen and oxygen atoms in total. The first-order valence-corrected chi connectivity index (χ1v) is 11.6. The number of nitrogen functional groups attached to an aromatic ring is 1. The molecule has 0 fully saturated rings. The largest absolute Gasteiger partial charge is 0.505 e. The highest BCUT2D eigenvalue weighted by molar-refractivity contribution is 7.86. The zero-order valence-electron chi connectivity index (χ0n) is 18.3. The van der Waals surface area contributed by atoms with Crippen LogP contribution in [0.15, 0.2) is 92.1 Å². The van der Waals surface area contributed by atoms with Gasteiger partial charge in [-0.2, -0.15) is 18.6 Å². The Morgan fingerprint density at radius 1 is 0.794 bits per heavy atom. The molecule has 4 N–H and O–H groups in total. The van der Waals surface area contributed by atoms with Crippen molar-refractivity contribution < 1.29 is 18.1 Å². The first-order chi connectivity index (χ1) is 16.1. The lowest BCUT2D eigenvalue weighted by molar-refractivity contribution is 0.482. The summed E-state index contributed by atoms with van der Waals surface area (Å²) in [5, 5.41) is 28.1. The maximum absolute atomic E-state index is 12.0. The molecule has 10 heteroatoms. The van der Waals surface area contributed by atoms with E-state index in [1.165, 1.54) is 12.1 Å². The molecule has 0 aliphatic heterocycles. The van der Waals surface area contributed by atoms with Crippen molar-refractivity contribution in [2.24, 2.45) is 20.5 Å². The normalized spacial score (nSPS) is 12.2. The molecule has 4 rings (SSSR count). The third-order valence-electron chi connectivity index (χ3n) is 5.09. The molecule has 0 heterocycles. The number of fused-ring (bicyclic) bond motifs is 1. The molecule has 172 valence electrons. The lowest BCUT2D eigenvalue weighted by Crippen LogP contribution is -1.98. The van der Waals surface area contributed by atoms with Crippen molar-refractivity contribution in [3.8, 4) is 5.75 Å². The van der Waals surface area contributed by atoms with E-state index in [1.807, 2.05) is 19.1 Å². The van der Waals surface area contributed by atoms with E-state index in [0.29, 0.717) is 22.3 Å². The second kappa shape index (κ2) is 9.00. The van der Waals surface area contributed by atoms with Gasteiger partial charge in [0.2, 0.25) is 0 Å². The molecule has 0 aromatic heterocycles. The fraction of sp³-hybridized carbons (Fsp3) is 0.0833. The first kappa shape index (κ1) is 23.0. The quantitative estimate of drug-likeness (QED) is 0.164. The SMILES string of the molecule is Cc1ccc(N=Nc2ccc(N=Nc3c(C)cc4cc(N)ccc4c3O)c(S(=O)(=O)O)c2)cc1. The fourth-order valence-corrected chi connectivity index (χ4v) is 3.99. The number of azo groups is 2. The van der Waals surface area contributed by atoms with Gasteiger partial charge in [0, 0.05) is 11.1 Å². The predicted molar refractivity (Wildman–Crippen MR) is 131 cm³/mol. The summed E-state index contributed by atoms with van der Waals surface area (Å²) in [6.45, 7) is 3.68. The zero-order valence-corrected chi connectivity index (χ0v) is 19.2. The van der Waals surface area contributed by atoms with Crippen molar-refractivity contribution in [2.75, 3.05) is 5.73 Å². The lowest BCUT2D eigenvalue weighted by atomic mass is 10.0. The van der Waals surface area contributed by atoms with Gasteiger partial charge in [-0.25, -0.2) is 0 Å². The summed E-state index contributed by atoms with van der Waals surface area (Å²) in [7, 11) is -4.64. The van der Waals surface area contributed by atoms with E-state index in [9.17, 15) is 18.1 Å². The Morgan fingerprint density at radius 3 is 2.18 bits per heavy atom. The molecule has 0 spiro atoms. The second-order valence-corrected chi connectivity index (χ2v) is 9.12. The number of nitrogens with two attached hydrogens (primary N) is 1. The molecule has 0 atom stereocenters. The van der Waals surface area contributed by atoms with Gasteiger partial charge in [-0.1, -0.05) is 17.7 Å². The molecule has 0 radical (unpaired) electrons. The number of nitrogens with zero attached hydrogens (tertiary/aromatic N) is 4. The van der Waals surface area contributed by atoms with Gasteiger partial charge >= 0.3 is 0 Å². The van der Waals surface area contributed by atoms with Crippen molar-refractivity contribution in [1.82, 2.24) is 0 Å². The van der Waals surface area contributed by atoms with Crippen molar-refractivity contribution in [3.05, 3.63) is 77.9 Å². The molecule has 4 aromatic rings. The Labute approximate surface area is 196 Å². The summed E-state index contributed by atoms with van der Waals surface area (Å²) < 4.78 is 33.7. The molecule has 0 amide bonds. The molecule has 0 aliphatic rings. The monoisotopic (exact) mass is 475 g/mol. The fourth-order valence-electron chi connectivity index (χ4n) is 3.34. The average molecular weight is 476 g/mol. The molecule has 0 saturated heterocycles. The summed E-state index contributed by atoms with van der Waals surface area (Å²) >= 11 is 0. The minimum atomic E-state index is -4.64. The van der Waals surface area contributed by atoms with Crippen LogP contribution >= 0.6 is 0 Å². The molecule has 4 aromatic carbocycles. The van der Waals surface area contributed by atoms with Crippen LogP contribution in [0.1, 0.15) is 11.1 Å². The van der Waals surface area contributed by atoms with Crippen LogP contribution in [0.5, 0.6) is 5.75 Å². The number of aromatic hydroxyl groups is 1. The Morgan fingerprint density at radius 2 is 1.47 bits per heavy atom. The molecular weight excluding hydrogens is 454 g/mol. The predicted octanol–water partition coefficient (Wildman–Crippen LogP) is 6.82. The van der Waals surface area contributed by atoms with Gasteiger partial charge in [-0.15, -0.1) is 10.2 Å². The van der Waals surface area contributed by atoms with Gasteiger partial charge in [-0.05, 0) is 79.4 Å². The average Bonchev–Trinajstić information content (AvgIpc) is 2.78. The first-order valence-electron chi connectivity index (χ1n) is 10.2. The summed E-state index contributed by atoms with van der Waals surface area (Å²) in [6, 6.07) is 18.1. The van der Waals surface area contributed by atoms with Crippen molar-refractivity contribution in [3.63, 3.8) is 0 Å². The van der Waals surface area contributed by atoms with Crippen LogP contribution < -0.4 is 5.73 Å². The Balaban J connectivity index is 1.72. The molecule has 0 unspecified atom stereocenters. The minimum Gasteiger partial charge on any atom is -0.505 e. The Bertz CT molecular complexity index is 1560. The number of benzene rings is 4. The van der Waals surface area contributed by atoms with E-state index in [4.69, 9.17) is 5.73 Å². The molecular formula is C24H21N5O4S. The van der Waals surface area contributed by atoms with E-state index in [1.54, 1.807) is 43.3 Å². The van der Waals surface area contributed by atoms with Crippen LogP contribution in [0, 0.1) is 13.8 Å². The van der Waals surface area contributed by atoms with Crippen LogP contribution in [-0.4, -0.2) is 18.1 Å². The number of hydrogen-bond acceptors (Lipinski definition) is 8. The Hall–Kier alpha value is -4.15. The standard InChI is InChI=1S/C24H21N5O4S/c1-14-3-6-18(7-4-14)26-27-19-8-10-21(22(13-19)34(31,32)33)28-29-23-15(2)11-16-12-17(25)5-9-20(16)24(23)30/h3-13,30H,25H2,1-2H3,(H,31,32,33). The summed E-state index contributed by atoms with van der Waals surface area (Å²) in [6.07, 6.45) is 0. The van der Waals surface area contributed by atoms with Gasteiger partial charge in [0.05, 0.1) is 11.4 Å². The highest BCUT2D eigenvalue weighted by Gasteiger charge is 2.17. The van der Waals surface area contributed by atoms with Crippen LogP contribution in [-0.2, 0) is 10.1 Å². The summed E-state index contributed by atoms with van der Waals surface area (Å²) in [4.78, 5) is -0.484. The third-order valence-corrected chi connectivity index (χ3v) is 5.98. The molecule has 0 aliphatic carbocycles. The highest BCUT2D eigenvalue weighted by Crippen LogP contribution is 2.40. The topological polar surface area (TPSA) is 150 Å². The number of aryl methyl sites for hydroxylation is 2. The lowest BCUT2D eigenvalue weighted by Gasteiger charge is -2.08. The third kappa shape index (κ3) is 4.92. The smallest absolute Gasteiger partial charge is 0.296 e. The van der Waals surface area contributed by atoms with Gasteiger partial charge in [0.1, 0.15) is 16.3 Å². The van der Waals surface area contributed by atoms with Gasteiger partial charge in [0.25, 0.3) is 10.1 Å². The molecule has 0 bridgehead atoms. The number of anilines is 1. The van der Waals surface area contributed by atoms with E-state index in [0.717, 1.165) is 17.0 Å². The summed E-state index contributed by atoms with van der Waals surface area (Å²) in [5.74, 6) is -0.115. The number of rotatable bonds is 5. The second-order valence-electron chi connectivity index (χ2n) is 7.73. The molecule has 34 heavy (non-hydrogen) atoms. The molecule has 0 saturated carbocycles. The van der Waals surface area contributed by atoms with Crippen LogP contribution in [0.2, 0.25) is 0 Å². The van der Waals surface area contributed by atoms with Gasteiger partial charge in [-0.3, -0.25) is 4.55 Å². The van der Waals surface area contributed by atoms with Crippen LogP contribution in [0.4, 0.5) is 28.4 Å². The number of phenols is 1. The van der Waals surface area contributed by atoms with Gasteiger partial charge in [0.15, 0.2) is 5.75 Å². The summed E-state index contributed by atoms with van der Waals surface area (Å²) in [5.41, 5.74) is 8.88.